The van der Waals surface area contributed by atoms with E-state index in [4.69, 9.17) is 10.2 Å². The van der Waals surface area contributed by atoms with E-state index in [1.165, 1.54) is 12.1 Å². The summed E-state index contributed by atoms with van der Waals surface area (Å²) in [6, 6.07) is 14.9. The number of rotatable bonds is 2. The highest BCUT2D eigenvalue weighted by Crippen LogP contribution is 2.14. The van der Waals surface area contributed by atoms with Gasteiger partial charge in [-0.05, 0) is 12.1 Å². The van der Waals surface area contributed by atoms with Gasteiger partial charge in [0, 0.05) is 5.56 Å². The molecule has 0 aliphatic heterocycles. The summed E-state index contributed by atoms with van der Waals surface area (Å²) in [7, 11) is 0. The first-order valence-electron chi connectivity index (χ1n) is 5.16. The molecule has 0 atom stereocenters. The van der Waals surface area contributed by atoms with Crippen LogP contribution in [0.5, 0.6) is 5.75 Å². The second kappa shape index (κ2) is 6.85. The molecule has 2 aromatic rings. The highest BCUT2D eigenvalue weighted by Gasteiger charge is 2.05. The molecule has 0 fully saturated rings. The molecule has 0 aromatic heterocycles. The van der Waals surface area contributed by atoms with Crippen molar-refractivity contribution >= 4 is 12.3 Å². The number of carbonyl (C=O) groups excluding carboxylic acids is 1. The molecule has 2 rings (SSSR count). The second-order valence-electron chi connectivity index (χ2n) is 3.35. The van der Waals surface area contributed by atoms with Crippen molar-refractivity contribution in [3.05, 3.63) is 65.7 Å². The largest absolute Gasteiger partial charge is 0.507 e. The maximum Gasteiger partial charge on any atom is 0.339 e. The Bertz CT molecular complexity index is 520. The van der Waals surface area contributed by atoms with Crippen LogP contribution in [0, 0.1) is 0 Å². The van der Waals surface area contributed by atoms with E-state index in [-0.39, 0.29) is 11.3 Å². The van der Waals surface area contributed by atoms with Crippen LogP contribution in [0.1, 0.15) is 20.7 Å². The predicted molar refractivity (Wildman–Crippen MR) is 66.9 cm³/mol. The summed E-state index contributed by atoms with van der Waals surface area (Å²) in [4.78, 5) is 20.3. The fourth-order valence-electron chi connectivity index (χ4n) is 1.19. The van der Waals surface area contributed by atoms with Crippen LogP contribution in [-0.2, 0) is 0 Å². The van der Waals surface area contributed by atoms with Gasteiger partial charge >= 0.3 is 5.97 Å². The number of carboxylic acids is 1. The number of aromatic hydroxyl groups is 1. The smallest absolute Gasteiger partial charge is 0.339 e. The molecular formula is C14H12O4. The molecule has 18 heavy (non-hydrogen) atoms. The first kappa shape index (κ1) is 13.4. The van der Waals surface area contributed by atoms with E-state index >= 15 is 0 Å². The lowest BCUT2D eigenvalue weighted by Crippen LogP contribution is -1.95. The zero-order valence-corrected chi connectivity index (χ0v) is 9.48. The maximum absolute atomic E-state index is 10.3. The van der Waals surface area contributed by atoms with Crippen LogP contribution < -0.4 is 0 Å². The molecule has 92 valence electrons. The Hall–Kier alpha value is -2.62. The normalized spacial score (nSPS) is 8.89. The number of benzene rings is 2. The molecule has 4 heteroatoms. The lowest BCUT2D eigenvalue weighted by molar-refractivity contribution is 0.0693. The summed E-state index contributed by atoms with van der Waals surface area (Å²) < 4.78 is 0. The lowest BCUT2D eigenvalue weighted by atomic mass is 10.2. The van der Waals surface area contributed by atoms with Gasteiger partial charge in [0.05, 0.1) is 0 Å². The summed E-state index contributed by atoms with van der Waals surface area (Å²) in [5.41, 5.74) is 0.662. The average Bonchev–Trinajstić information content (AvgIpc) is 2.40. The van der Waals surface area contributed by atoms with Gasteiger partial charge < -0.3 is 10.2 Å². The SMILES string of the molecule is O=C(O)c1ccccc1O.O=Cc1ccccc1. The zero-order chi connectivity index (χ0) is 13.4. The van der Waals surface area contributed by atoms with E-state index in [1.807, 2.05) is 18.2 Å². The van der Waals surface area contributed by atoms with Gasteiger partial charge in [-0.1, -0.05) is 42.5 Å². The fourth-order valence-corrected chi connectivity index (χ4v) is 1.19. The molecule has 0 aliphatic rings. The van der Waals surface area contributed by atoms with Crippen LogP contribution in [0.15, 0.2) is 54.6 Å². The first-order valence-corrected chi connectivity index (χ1v) is 5.16. The van der Waals surface area contributed by atoms with Crippen LogP contribution in [0.3, 0.4) is 0 Å². The van der Waals surface area contributed by atoms with Crippen molar-refractivity contribution in [3.8, 4) is 5.75 Å². The van der Waals surface area contributed by atoms with E-state index in [1.54, 1.807) is 24.3 Å². The molecule has 2 aromatic carbocycles. The number of aldehydes is 1. The molecule has 0 bridgehead atoms. The first-order chi connectivity index (χ1) is 8.65. The van der Waals surface area contributed by atoms with E-state index in [9.17, 15) is 9.59 Å². The molecule has 0 amide bonds. The molecule has 4 nitrogen and oxygen atoms in total. The molecule has 0 radical (unpaired) electrons. The average molecular weight is 244 g/mol. The van der Waals surface area contributed by atoms with Crippen LogP contribution in [0.4, 0.5) is 0 Å². The topological polar surface area (TPSA) is 74.6 Å². The third-order valence-corrected chi connectivity index (χ3v) is 2.07. The molecule has 0 unspecified atom stereocenters. The second-order valence-corrected chi connectivity index (χ2v) is 3.35. The van der Waals surface area contributed by atoms with Crippen molar-refractivity contribution in [2.24, 2.45) is 0 Å². The number of phenols is 1. The quantitative estimate of drug-likeness (QED) is 0.796. The number of carboxylic acid groups (broad SMARTS) is 1. The molecule has 0 saturated carbocycles. The van der Waals surface area contributed by atoms with E-state index in [0.717, 1.165) is 11.8 Å². The van der Waals surface area contributed by atoms with Crippen molar-refractivity contribution in [1.82, 2.24) is 0 Å². The summed E-state index contributed by atoms with van der Waals surface area (Å²) in [6.07, 6.45) is 0.833. The predicted octanol–water partition coefficient (Wildman–Crippen LogP) is 2.59. The fraction of sp³-hybridized carbons (Fsp3) is 0. The Kier molecular flexibility index (Phi) is 5.12. The summed E-state index contributed by atoms with van der Waals surface area (Å²) in [5, 5.41) is 17.3. The Morgan fingerprint density at radius 2 is 1.50 bits per heavy atom. The Morgan fingerprint density at radius 3 is 1.89 bits per heavy atom. The number of carbonyl (C=O) groups is 2. The van der Waals surface area contributed by atoms with Crippen LogP contribution >= 0.6 is 0 Å². The van der Waals surface area contributed by atoms with Gasteiger partial charge in [-0.3, -0.25) is 4.79 Å². The molecular weight excluding hydrogens is 232 g/mol. The minimum atomic E-state index is -1.11. The molecule has 0 saturated heterocycles. The van der Waals surface area contributed by atoms with Crippen LogP contribution in [-0.4, -0.2) is 22.5 Å². The summed E-state index contributed by atoms with van der Waals surface area (Å²) >= 11 is 0. The molecule has 0 heterocycles. The summed E-state index contributed by atoms with van der Waals surface area (Å²) in [6.45, 7) is 0. The van der Waals surface area contributed by atoms with Crippen molar-refractivity contribution in [2.45, 2.75) is 0 Å². The standard InChI is InChI=1S/C7H6O3.C7H6O/c8-6-4-2-1-3-5(6)7(9)10;8-6-7-4-2-1-3-5-7/h1-4,8H,(H,9,10);1-6H. The number of aromatic carboxylic acids is 1. The van der Waals surface area contributed by atoms with Gasteiger partial charge in [-0.15, -0.1) is 0 Å². The monoisotopic (exact) mass is 244 g/mol. The molecule has 0 aliphatic carbocycles. The van der Waals surface area contributed by atoms with E-state index < -0.39 is 5.97 Å². The zero-order valence-electron chi connectivity index (χ0n) is 9.48. The van der Waals surface area contributed by atoms with Crippen molar-refractivity contribution in [3.63, 3.8) is 0 Å². The minimum absolute atomic E-state index is 0.0671. The Balaban J connectivity index is 0.000000184. The number of hydrogen-bond acceptors (Lipinski definition) is 3. The van der Waals surface area contributed by atoms with E-state index in [2.05, 4.69) is 0 Å². The van der Waals surface area contributed by atoms with Gasteiger partial charge in [0.25, 0.3) is 0 Å². The van der Waals surface area contributed by atoms with E-state index in [0.29, 0.717) is 0 Å². The van der Waals surface area contributed by atoms with Gasteiger partial charge in [-0.2, -0.15) is 0 Å². The number of para-hydroxylation sites is 1. The van der Waals surface area contributed by atoms with Crippen molar-refractivity contribution < 1.29 is 19.8 Å². The third-order valence-electron chi connectivity index (χ3n) is 2.07. The van der Waals surface area contributed by atoms with Gasteiger partial charge in [0.2, 0.25) is 0 Å². The summed E-state index contributed by atoms with van der Waals surface area (Å²) in [5.74, 6) is -1.31. The Morgan fingerprint density at radius 1 is 0.944 bits per heavy atom. The Labute approximate surface area is 104 Å². The molecule has 0 spiro atoms. The number of hydrogen-bond donors (Lipinski definition) is 2. The molecule has 2 N–H and O–H groups in total. The van der Waals surface area contributed by atoms with Gasteiger partial charge in [0.1, 0.15) is 17.6 Å². The van der Waals surface area contributed by atoms with Crippen molar-refractivity contribution in [2.75, 3.05) is 0 Å². The lowest BCUT2D eigenvalue weighted by Gasteiger charge is -1.95. The van der Waals surface area contributed by atoms with Crippen LogP contribution in [0.25, 0.3) is 0 Å². The highest BCUT2D eigenvalue weighted by atomic mass is 16.4. The maximum atomic E-state index is 10.3. The highest BCUT2D eigenvalue weighted by molar-refractivity contribution is 5.90. The minimum Gasteiger partial charge on any atom is -0.507 e. The van der Waals surface area contributed by atoms with Crippen molar-refractivity contribution in [1.29, 1.82) is 0 Å². The van der Waals surface area contributed by atoms with Gasteiger partial charge in [0.15, 0.2) is 0 Å². The van der Waals surface area contributed by atoms with Gasteiger partial charge in [-0.25, -0.2) is 4.79 Å². The van der Waals surface area contributed by atoms with Crippen LogP contribution in [0.2, 0.25) is 0 Å². The third kappa shape index (κ3) is 4.09.